The average Bonchev–Trinajstić information content (AvgIpc) is 3.14. The van der Waals surface area contributed by atoms with Crippen molar-refractivity contribution in [3.63, 3.8) is 0 Å². The number of benzene rings is 1. The number of nitro benzene ring substituents is 1. The number of non-ortho nitro benzene ring substituents is 1. The van der Waals surface area contributed by atoms with Crippen molar-refractivity contribution in [2.24, 2.45) is 5.92 Å². The maximum absolute atomic E-state index is 13.7. The molecule has 0 unspecified atom stereocenters. The predicted molar refractivity (Wildman–Crippen MR) is 90.6 cm³/mol. The highest BCUT2D eigenvalue weighted by Crippen LogP contribution is 2.44. The van der Waals surface area contributed by atoms with Gasteiger partial charge in [-0.3, -0.25) is 14.9 Å². The third-order valence-electron chi connectivity index (χ3n) is 4.32. The number of aliphatic hydroxyl groups is 1. The standard InChI is InChI=1S/C16H12F3N3O5S/c17-16(18,19)15(25)11(13(23)10-2-1-7-28-10)12(20-14(24)21-15)8-3-5-9(6-4-8)22(26)27/h1-7,11-12,25H,(H2,20,21,24)/t11-,12-,15+/m1/s1. The molecule has 3 N–H and O–H groups in total. The zero-order valence-electron chi connectivity index (χ0n) is 13.8. The van der Waals surface area contributed by atoms with E-state index in [1.165, 1.54) is 22.8 Å². The number of nitrogens with zero attached hydrogens (tertiary/aromatic N) is 1. The molecule has 2 aromatic rings. The monoisotopic (exact) mass is 415 g/mol. The quantitative estimate of drug-likeness (QED) is 0.403. The second-order valence-corrected chi connectivity index (χ2v) is 6.96. The van der Waals surface area contributed by atoms with E-state index in [-0.39, 0.29) is 16.1 Å². The van der Waals surface area contributed by atoms with Crippen LogP contribution in [0.25, 0.3) is 0 Å². The Balaban J connectivity index is 2.12. The first-order valence-corrected chi connectivity index (χ1v) is 8.62. The molecule has 3 rings (SSSR count). The molecule has 2 amide bonds. The van der Waals surface area contributed by atoms with Gasteiger partial charge in [0.1, 0.15) is 5.92 Å². The van der Waals surface area contributed by atoms with Crippen LogP contribution in [0.1, 0.15) is 21.3 Å². The average molecular weight is 415 g/mol. The van der Waals surface area contributed by atoms with Crippen LogP contribution in [0.3, 0.4) is 0 Å². The SMILES string of the molecule is O=C1N[C@H](c2ccc([N+](=O)[O-])cc2)[C@H](C(=O)c2cccs2)[C@](O)(C(F)(F)F)N1. The normalized spacial score (nSPS) is 24.9. The van der Waals surface area contributed by atoms with E-state index in [1.54, 1.807) is 0 Å². The van der Waals surface area contributed by atoms with Crippen molar-refractivity contribution in [2.45, 2.75) is 17.9 Å². The van der Waals surface area contributed by atoms with Crippen LogP contribution in [-0.4, -0.2) is 33.7 Å². The summed E-state index contributed by atoms with van der Waals surface area (Å²) in [6.07, 6.45) is -5.36. The molecule has 1 saturated heterocycles. The van der Waals surface area contributed by atoms with E-state index >= 15 is 0 Å². The van der Waals surface area contributed by atoms with Gasteiger partial charge in [0.05, 0.1) is 15.8 Å². The predicted octanol–water partition coefficient (Wildman–Crippen LogP) is 2.76. The number of carbonyl (C=O) groups excluding carboxylic acids is 2. The minimum Gasteiger partial charge on any atom is -0.363 e. The van der Waals surface area contributed by atoms with Gasteiger partial charge in [0, 0.05) is 12.1 Å². The van der Waals surface area contributed by atoms with Crippen LogP contribution in [-0.2, 0) is 0 Å². The summed E-state index contributed by atoms with van der Waals surface area (Å²) in [5, 5.41) is 26.2. The molecule has 3 atom stereocenters. The molecule has 0 saturated carbocycles. The van der Waals surface area contributed by atoms with Gasteiger partial charge in [0.25, 0.3) is 5.69 Å². The van der Waals surface area contributed by atoms with Crippen LogP contribution in [0.2, 0.25) is 0 Å². The fourth-order valence-corrected chi connectivity index (χ4v) is 3.70. The van der Waals surface area contributed by atoms with E-state index in [2.05, 4.69) is 5.32 Å². The molecular formula is C16H12F3N3O5S. The molecule has 12 heteroatoms. The third-order valence-corrected chi connectivity index (χ3v) is 5.20. The minimum absolute atomic E-state index is 0.00182. The Hall–Kier alpha value is -2.99. The summed E-state index contributed by atoms with van der Waals surface area (Å²) in [5.74, 6) is -3.20. The Morgan fingerprint density at radius 3 is 2.39 bits per heavy atom. The zero-order valence-corrected chi connectivity index (χ0v) is 14.6. The number of hydrogen-bond donors (Lipinski definition) is 3. The lowest BCUT2D eigenvalue weighted by atomic mass is 9.78. The Kier molecular flexibility index (Phi) is 4.85. The lowest BCUT2D eigenvalue weighted by Crippen LogP contribution is -2.72. The van der Waals surface area contributed by atoms with Gasteiger partial charge >= 0.3 is 12.2 Å². The van der Waals surface area contributed by atoms with Crippen LogP contribution in [0.15, 0.2) is 41.8 Å². The Bertz CT molecular complexity index is 917. The molecule has 28 heavy (non-hydrogen) atoms. The smallest absolute Gasteiger partial charge is 0.363 e. The summed E-state index contributed by atoms with van der Waals surface area (Å²) in [7, 11) is 0. The van der Waals surface area contributed by atoms with Crippen molar-refractivity contribution in [3.8, 4) is 0 Å². The molecular weight excluding hydrogens is 403 g/mol. The highest BCUT2D eigenvalue weighted by molar-refractivity contribution is 7.12. The van der Waals surface area contributed by atoms with Gasteiger partial charge in [-0.25, -0.2) is 4.79 Å². The number of urea groups is 1. The number of thiophene rings is 1. The van der Waals surface area contributed by atoms with Crippen molar-refractivity contribution in [1.82, 2.24) is 10.6 Å². The molecule has 8 nitrogen and oxygen atoms in total. The maximum atomic E-state index is 13.7. The molecule has 0 radical (unpaired) electrons. The fraction of sp³-hybridized carbons (Fsp3) is 0.250. The molecule has 0 spiro atoms. The second kappa shape index (κ2) is 6.87. The maximum Gasteiger partial charge on any atom is 0.437 e. The molecule has 0 aliphatic carbocycles. The number of nitro groups is 1. The number of nitrogens with one attached hydrogen (secondary N) is 2. The van der Waals surface area contributed by atoms with Crippen molar-refractivity contribution in [3.05, 3.63) is 62.3 Å². The largest absolute Gasteiger partial charge is 0.437 e. The summed E-state index contributed by atoms with van der Waals surface area (Å²) < 4.78 is 41.0. The number of carbonyl (C=O) groups is 2. The zero-order chi connectivity index (χ0) is 20.7. The van der Waals surface area contributed by atoms with Crippen LogP contribution in [0, 0.1) is 16.0 Å². The van der Waals surface area contributed by atoms with E-state index < -0.39 is 40.6 Å². The van der Waals surface area contributed by atoms with Gasteiger partial charge in [0.15, 0.2) is 5.78 Å². The van der Waals surface area contributed by atoms with Crippen LogP contribution < -0.4 is 10.6 Å². The lowest BCUT2D eigenvalue weighted by Gasteiger charge is -2.44. The molecule has 1 aliphatic rings. The third kappa shape index (κ3) is 3.31. The van der Waals surface area contributed by atoms with Gasteiger partial charge in [-0.2, -0.15) is 13.2 Å². The summed E-state index contributed by atoms with van der Waals surface area (Å²) in [4.78, 5) is 34.7. The first kappa shape index (κ1) is 19.8. The Labute approximate surface area is 159 Å². The molecule has 0 bridgehead atoms. The summed E-state index contributed by atoms with van der Waals surface area (Å²) in [6.45, 7) is 0. The van der Waals surface area contributed by atoms with E-state index in [0.717, 1.165) is 35.6 Å². The van der Waals surface area contributed by atoms with Crippen molar-refractivity contribution >= 4 is 28.8 Å². The molecule has 1 aromatic carbocycles. The van der Waals surface area contributed by atoms with Gasteiger partial charge in [-0.05, 0) is 17.0 Å². The van der Waals surface area contributed by atoms with E-state index in [1.807, 2.05) is 0 Å². The molecule has 2 heterocycles. The molecule has 1 aromatic heterocycles. The van der Waals surface area contributed by atoms with Crippen molar-refractivity contribution < 1.29 is 32.8 Å². The Morgan fingerprint density at radius 1 is 1.25 bits per heavy atom. The van der Waals surface area contributed by atoms with E-state index in [0.29, 0.717) is 0 Å². The molecule has 148 valence electrons. The lowest BCUT2D eigenvalue weighted by molar-refractivity contribution is -0.384. The number of amides is 2. The van der Waals surface area contributed by atoms with Crippen LogP contribution in [0.4, 0.5) is 23.7 Å². The highest BCUT2D eigenvalue weighted by Gasteiger charge is 2.66. The van der Waals surface area contributed by atoms with Gasteiger partial charge in [-0.15, -0.1) is 11.3 Å². The number of ketones is 1. The summed E-state index contributed by atoms with van der Waals surface area (Å²) in [6, 6.07) is 4.16. The van der Waals surface area contributed by atoms with Crippen molar-refractivity contribution in [2.75, 3.05) is 0 Å². The molecule has 1 fully saturated rings. The van der Waals surface area contributed by atoms with E-state index in [9.17, 15) is 38.0 Å². The topological polar surface area (TPSA) is 122 Å². The number of Topliss-reactive ketones (excluding diaryl/α,β-unsaturated/α-hetero) is 1. The van der Waals surface area contributed by atoms with Crippen LogP contribution in [0.5, 0.6) is 0 Å². The minimum atomic E-state index is -5.36. The fourth-order valence-electron chi connectivity index (χ4n) is 2.99. The van der Waals surface area contributed by atoms with Gasteiger partial charge < -0.3 is 15.7 Å². The van der Waals surface area contributed by atoms with Crippen LogP contribution >= 0.6 is 11.3 Å². The highest BCUT2D eigenvalue weighted by atomic mass is 32.1. The summed E-state index contributed by atoms with van der Waals surface area (Å²) in [5.41, 5.74) is -4.16. The number of hydrogen-bond acceptors (Lipinski definition) is 6. The second-order valence-electron chi connectivity index (χ2n) is 6.01. The number of alkyl halides is 3. The van der Waals surface area contributed by atoms with Gasteiger partial charge in [0.2, 0.25) is 5.72 Å². The Morgan fingerprint density at radius 2 is 1.89 bits per heavy atom. The number of halogens is 3. The van der Waals surface area contributed by atoms with Crippen molar-refractivity contribution in [1.29, 1.82) is 0 Å². The summed E-state index contributed by atoms with van der Waals surface area (Å²) >= 11 is 0.883. The van der Waals surface area contributed by atoms with Gasteiger partial charge in [-0.1, -0.05) is 18.2 Å². The van der Waals surface area contributed by atoms with E-state index in [4.69, 9.17) is 0 Å². The number of rotatable bonds is 4. The first-order chi connectivity index (χ1) is 13.0. The first-order valence-electron chi connectivity index (χ1n) is 7.74. The molecule has 1 aliphatic heterocycles.